The van der Waals surface area contributed by atoms with Crippen molar-refractivity contribution in [2.24, 2.45) is 5.16 Å². The third kappa shape index (κ3) is 6.94. The summed E-state index contributed by atoms with van der Waals surface area (Å²) in [5.41, 5.74) is -1.92. The SMILES string of the molecule is CO/N=C(/C(=O)N[C@@H]1C(=O)N2C(C(=O)OC(C)(C)C)=C(C(=O)OC)CC[C@H]12)c1csc(NC(=O)OC(C)(C)C)n1. The number of carbonyl (C=O) groups is 5. The van der Waals surface area contributed by atoms with Gasteiger partial charge in [0.1, 0.15) is 35.7 Å². The van der Waals surface area contributed by atoms with Crippen molar-refractivity contribution in [2.45, 2.75) is 77.7 Å². The Bertz CT molecular complexity index is 1270. The van der Waals surface area contributed by atoms with E-state index >= 15 is 0 Å². The number of methoxy groups -OCH3 is 1. The number of hydrogen-bond donors (Lipinski definition) is 2. The van der Waals surface area contributed by atoms with Gasteiger partial charge in [-0.15, -0.1) is 11.3 Å². The molecular formula is C25H33N5O9S. The maximum Gasteiger partial charge on any atom is 0.413 e. The molecule has 2 aliphatic heterocycles. The average Bonchev–Trinajstić information content (AvgIpc) is 3.29. The topological polar surface area (TPSA) is 175 Å². The number of aromatic nitrogens is 1. The molecule has 3 heterocycles. The zero-order chi connectivity index (χ0) is 30.0. The summed E-state index contributed by atoms with van der Waals surface area (Å²) in [6, 6.07) is -1.62. The molecule has 0 aliphatic carbocycles. The molecular weight excluding hydrogens is 546 g/mol. The van der Waals surface area contributed by atoms with Crippen molar-refractivity contribution in [3.8, 4) is 0 Å². The molecule has 0 aromatic carbocycles. The third-order valence-corrected chi connectivity index (χ3v) is 6.26. The maximum absolute atomic E-state index is 13.2. The number of nitrogens with one attached hydrogen (secondary N) is 2. The number of β-lactam (4-membered cyclic amide) rings is 1. The largest absolute Gasteiger partial charge is 0.466 e. The van der Waals surface area contributed by atoms with Crippen LogP contribution in [0.4, 0.5) is 9.93 Å². The zero-order valence-corrected chi connectivity index (χ0v) is 24.4. The van der Waals surface area contributed by atoms with Crippen molar-refractivity contribution in [3.05, 3.63) is 22.3 Å². The highest BCUT2D eigenvalue weighted by Crippen LogP contribution is 2.38. The van der Waals surface area contributed by atoms with Gasteiger partial charge in [-0.05, 0) is 54.4 Å². The Morgan fingerprint density at radius 1 is 1.05 bits per heavy atom. The molecule has 2 N–H and O–H groups in total. The van der Waals surface area contributed by atoms with Gasteiger partial charge in [0.2, 0.25) is 0 Å². The van der Waals surface area contributed by atoms with E-state index in [2.05, 4.69) is 20.8 Å². The van der Waals surface area contributed by atoms with Gasteiger partial charge in [0.25, 0.3) is 11.8 Å². The highest BCUT2D eigenvalue weighted by Gasteiger charge is 2.55. The van der Waals surface area contributed by atoms with Crippen LogP contribution in [0.3, 0.4) is 0 Å². The monoisotopic (exact) mass is 579 g/mol. The number of ether oxygens (including phenoxy) is 3. The van der Waals surface area contributed by atoms with E-state index in [1.807, 2.05) is 0 Å². The van der Waals surface area contributed by atoms with Crippen molar-refractivity contribution in [3.63, 3.8) is 0 Å². The number of carbonyl (C=O) groups excluding carboxylic acids is 5. The Kier molecular flexibility index (Phi) is 8.87. The lowest BCUT2D eigenvalue weighted by Crippen LogP contribution is -2.72. The second-order valence-electron chi connectivity index (χ2n) is 10.9. The van der Waals surface area contributed by atoms with Gasteiger partial charge in [0.15, 0.2) is 10.8 Å². The summed E-state index contributed by atoms with van der Waals surface area (Å²) >= 11 is 1.03. The Morgan fingerprint density at radius 2 is 1.70 bits per heavy atom. The van der Waals surface area contributed by atoms with Gasteiger partial charge in [-0.25, -0.2) is 19.4 Å². The van der Waals surface area contributed by atoms with Gasteiger partial charge in [-0.3, -0.25) is 19.8 Å². The first-order valence-electron chi connectivity index (χ1n) is 12.3. The molecule has 1 aromatic rings. The smallest absolute Gasteiger partial charge is 0.413 e. The number of anilines is 1. The fourth-order valence-corrected chi connectivity index (χ4v) is 4.72. The van der Waals surface area contributed by atoms with E-state index in [9.17, 15) is 24.0 Å². The molecule has 40 heavy (non-hydrogen) atoms. The quantitative estimate of drug-likeness (QED) is 0.160. The summed E-state index contributed by atoms with van der Waals surface area (Å²) < 4.78 is 15.4. The van der Waals surface area contributed by atoms with Crippen LogP contribution in [0.5, 0.6) is 0 Å². The van der Waals surface area contributed by atoms with Crippen molar-refractivity contribution in [1.29, 1.82) is 0 Å². The number of hydrogen-bond acceptors (Lipinski definition) is 12. The lowest BCUT2D eigenvalue weighted by molar-refractivity contribution is -0.163. The van der Waals surface area contributed by atoms with Crippen molar-refractivity contribution >= 4 is 52.0 Å². The van der Waals surface area contributed by atoms with E-state index in [1.165, 1.54) is 19.6 Å². The first-order chi connectivity index (χ1) is 18.6. The standard InChI is InChI=1S/C25H33N5O9S/c1-24(2,3)38-21(34)17-12(20(33)36-7)9-10-14-16(19(32)30(14)17)27-18(31)15(29-37-8)13-11-40-22(26-13)28-23(35)39-25(4,5)6/h11,14,16H,9-10H2,1-8H3,(H,27,31)(H,26,28,35)/b29-15+/t14-,16+/m1/s1. The molecule has 218 valence electrons. The van der Waals surface area contributed by atoms with E-state index in [0.29, 0.717) is 0 Å². The van der Waals surface area contributed by atoms with E-state index in [-0.39, 0.29) is 40.6 Å². The van der Waals surface area contributed by atoms with Crippen LogP contribution in [0.1, 0.15) is 60.1 Å². The van der Waals surface area contributed by atoms with Gasteiger partial charge >= 0.3 is 18.0 Å². The molecule has 0 unspecified atom stereocenters. The number of thiazole rings is 1. The predicted octanol–water partition coefficient (Wildman–Crippen LogP) is 2.10. The zero-order valence-electron chi connectivity index (χ0n) is 23.6. The molecule has 0 spiro atoms. The summed E-state index contributed by atoms with van der Waals surface area (Å²) in [5, 5.41) is 10.5. The summed E-state index contributed by atoms with van der Waals surface area (Å²) in [5.74, 6) is -2.96. The summed E-state index contributed by atoms with van der Waals surface area (Å²) in [6.07, 6.45) is -0.307. The second-order valence-corrected chi connectivity index (χ2v) is 11.7. The van der Waals surface area contributed by atoms with Crippen molar-refractivity contribution in [2.75, 3.05) is 19.5 Å². The number of oxime groups is 1. The fourth-order valence-electron chi connectivity index (χ4n) is 4.04. The Balaban J connectivity index is 1.78. The van der Waals surface area contributed by atoms with Crippen molar-refractivity contribution < 1.29 is 43.0 Å². The van der Waals surface area contributed by atoms with E-state index in [0.717, 1.165) is 16.2 Å². The van der Waals surface area contributed by atoms with Crippen LogP contribution >= 0.6 is 11.3 Å². The highest BCUT2D eigenvalue weighted by molar-refractivity contribution is 7.14. The molecule has 1 aromatic heterocycles. The number of fused-ring (bicyclic) bond motifs is 1. The lowest BCUT2D eigenvalue weighted by Gasteiger charge is -2.50. The normalized spacial score (nSPS) is 19.2. The minimum Gasteiger partial charge on any atom is -0.466 e. The molecule has 15 heteroatoms. The van der Waals surface area contributed by atoms with Gasteiger partial charge in [-0.1, -0.05) is 5.16 Å². The molecule has 0 radical (unpaired) electrons. The first kappa shape index (κ1) is 30.5. The molecule has 3 rings (SSSR count). The lowest BCUT2D eigenvalue weighted by atomic mass is 9.83. The van der Waals surface area contributed by atoms with E-state index in [4.69, 9.17) is 19.0 Å². The third-order valence-electron chi connectivity index (χ3n) is 5.50. The molecule has 0 saturated carbocycles. The number of esters is 2. The van der Waals surface area contributed by atoms with Crippen LogP contribution < -0.4 is 10.6 Å². The molecule has 14 nitrogen and oxygen atoms in total. The Hall–Kier alpha value is -4.01. The van der Waals surface area contributed by atoms with Crippen LogP contribution in [0, 0.1) is 0 Å². The minimum atomic E-state index is -1.01. The van der Waals surface area contributed by atoms with Crippen LogP contribution in [0.25, 0.3) is 0 Å². The molecule has 1 fully saturated rings. The summed E-state index contributed by atoms with van der Waals surface area (Å²) in [4.78, 5) is 74.0. The fraction of sp³-hybridized carbons (Fsp3) is 0.560. The van der Waals surface area contributed by atoms with E-state index < -0.39 is 53.1 Å². The summed E-state index contributed by atoms with van der Waals surface area (Å²) in [7, 11) is 2.42. The first-order valence-corrected chi connectivity index (χ1v) is 13.2. The highest BCUT2D eigenvalue weighted by atomic mass is 32.1. The second kappa shape index (κ2) is 11.6. The predicted molar refractivity (Wildman–Crippen MR) is 142 cm³/mol. The number of nitrogens with zero attached hydrogens (tertiary/aromatic N) is 3. The molecule has 2 aliphatic rings. The Labute approximate surface area is 235 Å². The van der Waals surface area contributed by atoms with Gasteiger partial charge in [0, 0.05) is 5.38 Å². The number of amides is 3. The maximum atomic E-state index is 13.2. The summed E-state index contributed by atoms with van der Waals surface area (Å²) in [6.45, 7) is 10.1. The van der Waals surface area contributed by atoms with Crippen LogP contribution in [-0.4, -0.2) is 82.9 Å². The molecule has 0 bridgehead atoms. The van der Waals surface area contributed by atoms with Crippen molar-refractivity contribution in [1.82, 2.24) is 15.2 Å². The van der Waals surface area contributed by atoms with Gasteiger partial charge < -0.3 is 24.4 Å². The number of rotatable bonds is 7. The van der Waals surface area contributed by atoms with Crippen LogP contribution in [0.15, 0.2) is 21.8 Å². The minimum absolute atomic E-state index is 0.0280. The molecule has 2 atom stereocenters. The average molecular weight is 580 g/mol. The Morgan fingerprint density at radius 3 is 2.27 bits per heavy atom. The molecule has 1 saturated heterocycles. The van der Waals surface area contributed by atoms with Gasteiger partial charge in [0.05, 0.1) is 18.7 Å². The molecule has 3 amide bonds. The van der Waals surface area contributed by atoms with Crippen LogP contribution in [0.2, 0.25) is 0 Å². The van der Waals surface area contributed by atoms with Gasteiger partial charge in [-0.2, -0.15) is 0 Å². The van der Waals surface area contributed by atoms with E-state index in [1.54, 1.807) is 41.5 Å². The van der Waals surface area contributed by atoms with Crippen LogP contribution in [-0.2, 0) is 38.2 Å².